The smallest absolute Gasteiger partial charge is 0.326 e. The van der Waals surface area contributed by atoms with Crippen LogP contribution in [0.1, 0.15) is 89.9 Å². The first-order valence-electron chi connectivity index (χ1n) is 16.3. The highest BCUT2D eigenvalue weighted by Gasteiger charge is 2.20. The lowest BCUT2D eigenvalue weighted by Crippen LogP contribution is -2.41. The summed E-state index contributed by atoms with van der Waals surface area (Å²) in [5.74, 6) is -2.88. The van der Waals surface area contributed by atoms with Crippen molar-refractivity contribution in [3.8, 4) is 0 Å². The summed E-state index contributed by atoms with van der Waals surface area (Å²) in [6.07, 6.45) is 10.1. The number of rotatable bonds is 34. The van der Waals surface area contributed by atoms with Crippen LogP contribution in [0.3, 0.4) is 0 Å². The third-order valence-electron chi connectivity index (χ3n) is 6.65. The minimum atomic E-state index is -1.18. The van der Waals surface area contributed by atoms with Crippen LogP contribution in [0.4, 0.5) is 0 Å². The molecule has 0 saturated heterocycles. The molecule has 0 aromatic carbocycles. The third kappa shape index (κ3) is 31.1. The normalized spacial score (nSPS) is 11.6. The Bertz CT molecular complexity index is 816. The van der Waals surface area contributed by atoms with Gasteiger partial charge >= 0.3 is 11.9 Å². The van der Waals surface area contributed by atoms with Crippen molar-refractivity contribution in [1.82, 2.24) is 16.0 Å². The molecule has 0 rings (SSSR count). The van der Waals surface area contributed by atoms with E-state index in [0.717, 1.165) is 57.8 Å². The predicted molar refractivity (Wildman–Crippen MR) is 168 cm³/mol. The first kappa shape index (κ1) is 43.1. The highest BCUT2D eigenvalue weighted by Crippen LogP contribution is 2.12. The quantitative estimate of drug-likeness (QED) is 0.0495. The van der Waals surface area contributed by atoms with Gasteiger partial charge in [0, 0.05) is 39.5 Å². The molecule has 15 heteroatoms. The van der Waals surface area contributed by atoms with Crippen LogP contribution < -0.4 is 16.0 Å². The Hall–Kier alpha value is -2.85. The van der Waals surface area contributed by atoms with E-state index in [2.05, 4.69) is 16.0 Å². The lowest BCUT2D eigenvalue weighted by Gasteiger charge is -2.14. The van der Waals surface area contributed by atoms with Gasteiger partial charge in [0.05, 0.1) is 39.6 Å². The summed E-state index contributed by atoms with van der Waals surface area (Å²) in [6.45, 7) is 2.50. The number of nitrogens with one attached hydrogen (secondary N) is 3. The van der Waals surface area contributed by atoms with Crippen molar-refractivity contribution in [2.75, 3.05) is 73.2 Å². The molecule has 15 nitrogen and oxygen atoms in total. The Morgan fingerprint density at radius 3 is 1.61 bits per heavy atom. The van der Waals surface area contributed by atoms with Gasteiger partial charge in [0.15, 0.2) is 0 Å². The van der Waals surface area contributed by atoms with E-state index in [4.69, 9.17) is 28.8 Å². The first-order valence-corrected chi connectivity index (χ1v) is 16.3. The summed E-state index contributed by atoms with van der Waals surface area (Å²) in [5.41, 5.74) is 0. The Labute approximate surface area is 272 Å². The second-order valence-corrected chi connectivity index (χ2v) is 10.7. The number of hydrogen-bond donors (Lipinski definition) is 5. The van der Waals surface area contributed by atoms with E-state index in [1.165, 1.54) is 7.11 Å². The Morgan fingerprint density at radius 1 is 0.565 bits per heavy atom. The van der Waals surface area contributed by atoms with E-state index in [-0.39, 0.29) is 83.2 Å². The molecule has 0 aromatic heterocycles. The second kappa shape index (κ2) is 32.1. The van der Waals surface area contributed by atoms with Crippen LogP contribution in [0.2, 0.25) is 0 Å². The summed E-state index contributed by atoms with van der Waals surface area (Å²) in [6, 6.07) is -1.13. The average molecular weight is 664 g/mol. The van der Waals surface area contributed by atoms with Crippen LogP contribution in [-0.2, 0) is 47.7 Å². The molecule has 1 atom stereocenters. The van der Waals surface area contributed by atoms with Crippen LogP contribution in [0.15, 0.2) is 0 Å². The van der Waals surface area contributed by atoms with E-state index in [9.17, 15) is 29.1 Å². The maximum atomic E-state index is 12.2. The average Bonchev–Trinajstić information content (AvgIpc) is 3.02. The van der Waals surface area contributed by atoms with Crippen molar-refractivity contribution >= 4 is 29.7 Å². The summed E-state index contributed by atoms with van der Waals surface area (Å²) in [4.78, 5) is 58.0. The number of carbonyl (C=O) groups is 5. The molecule has 0 aliphatic carbocycles. The monoisotopic (exact) mass is 663 g/mol. The number of carboxylic acids is 2. The van der Waals surface area contributed by atoms with Gasteiger partial charge in [-0.2, -0.15) is 0 Å². The molecule has 0 saturated carbocycles. The molecule has 0 bridgehead atoms. The van der Waals surface area contributed by atoms with Gasteiger partial charge in [-0.15, -0.1) is 0 Å². The molecule has 0 aromatic rings. The van der Waals surface area contributed by atoms with Gasteiger partial charge in [-0.3, -0.25) is 19.2 Å². The lowest BCUT2D eigenvalue weighted by atomic mass is 10.0. The number of unbranched alkanes of at least 4 members (excludes halogenated alkanes) is 9. The van der Waals surface area contributed by atoms with E-state index < -0.39 is 18.0 Å². The molecule has 0 aliphatic rings. The molecule has 0 spiro atoms. The molecule has 0 radical (unpaired) electrons. The fraction of sp³-hybridized carbons (Fsp3) is 0.839. The van der Waals surface area contributed by atoms with Gasteiger partial charge in [0.25, 0.3) is 0 Å². The fourth-order valence-electron chi connectivity index (χ4n) is 4.19. The number of aliphatic carboxylic acids is 2. The number of amides is 3. The molecule has 5 N–H and O–H groups in total. The highest BCUT2D eigenvalue weighted by atomic mass is 16.7. The van der Waals surface area contributed by atoms with Crippen LogP contribution in [0.25, 0.3) is 0 Å². The minimum Gasteiger partial charge on any atom is -0.481 e. The summed E-state index contributed by atoms with van der Waals surface area (Å²) in [7, 11) is 1.53. The van der Waals surface area contributed by atoms with E-state index in [0.29, 0.717) is 32.8 Å². The van der Waals surface area contributed by atoms with Crippen molar-refractivity contribution in [2.45, 2.75) is 95.9 Å². The van der Waals surface area contributed by atoms with Gasteiger partial charge in [-0.05, 0) is 19.3 Å². The Balaban J connectivity index is 3.70. The number of carbonyl (C=O) groups excluding carboxylic acids is 3. The fourth-order valence-corrected chi connectivity index (χ4v) is 4.19. The standard InChI is InChI=1S/C31H57N3O12/c1-42-25-46-23-21-44-19-17-33-29(37)24-45-22-20-43-18-16-32-27(35)15-14-26(31(40)41)34-28(36)12-10-8-6-4-2-3-5-7-9-11-13-30(38)39/h26H,2-25H2,1H3,(H,32,35)(H,33,37)(H,34,36)(H,38,39)(H,40,41). The lowest BCUT2D eigenvalue weighted by molar-refractivity contribution is -0.142. The number of methoxy groups -OCH3 is 1. The van der Waals surface area contributed by atoms with Crippen LogP contribution in [0, 0.1) is 0 Å². The largest absolute Gasteiger partial charge is 0.481 e. The van der Waals surface area contributed by atoms with Crippen molar-refractivity contribution in [3.05, 3.63) is 0 Å². The Kier molecular flexibility index (Phi) is 30.1. The zero-order chi connectivity index (χ0) is 34.1. The first-order chi connectivity index (χ1) is 22.3. The summed E-state index contributed by atoms with van der Waals surface area (Å²) >= 11 is 0. The zero-order valence-corrected chi connectivity index (χ0v) is 27.5. The summed E-state index contributed by atoms with van der Waals surface area (Å²) < 4.78 is 25.7. The van der Waals surface area contributed by atoms with Gasteiger partial charge in [0.1, 0.15) is 19.4 Å². The molecule has 0 fully saturated rings. The molecule has 1 unspecified atom stereocenters. The van der Waals surface area contributed by atoms with Crippen LogP contribution in [0.5, 0.6) is 0 Å². The van der Waals surface area contributed by atoms with E-state index in [1.54, 1.807) is 0 Å². The Morgan fingerprint density at radius 2 is 1.07 bits per heavy atom. The number of carboxylic acid groups (broad SMARTS) is 2. The van der Waals surface area contributed by atoms with Crippen molar-refractivity contribution in [1.29, 1.82) is 0 Å². The van der Waals surface area contributed by atoms with Gasteiger partial charge in [0.2, 0.25) is 17.7 Å². The molecule has 3 amide bonds. The molecular weight excluding hydrogens is 606 g/mol. The molecule has 0 heterocycles. The van der Waals surface area contributed by atoms with Crippen molar-refractivity contribution in [3.63, 3.8) is 0 Å². The number of ether oxygens (including phenoxy) is 5. The highest BCUT2D eigenvalue weighted by molar-refractivity contribution is 5.84. The van der Waals surface area contributed by atoms with Gasteiger partial charge < -0.3 is 49.8 Å². The van der Waals surface area contributed by atoms with Crippen LogP contribution in [-0.4, -0.2) is 119 Å². The van der Waals surface area contributed by atoms with Crippen molar-refractivity contribution in [2.24, 2.45) is 0 Å². The maximum Gasteiger partial charge on any atom is 0.326 e. The molecular formula is C31H57N3O12. The predicted octanol–water partition coefficient (Wildman–Crippen LogP) is 2.00. The van der Waals surface area contributed by atoms with E-state index in [1.807, 2.05) is 0 Å². The SMILES string of the molecule is COCOCCOCCNC(=O)COCCOCCNC(=O)CCC(NC(=O)CCCCCCCCCCCCC(=O)O)C(=O)O. The van der Waals surface area contributed by atoms with Crippen LogP contribution >= 0.6 is 0 Å². The van der Waals surface area contributed by atoms with E-state index >= 15 is 0 Å². The number of hydrogen-bond acceptors (Lipinski definition) is 10. The second-order valence-electron chi connectivity index (χ2n) is 10.7. The molecule has 0 aliphatic heterocycles. The topological polar surface area (TPSA) is 208 Å². The molecule has 46 heavy (non-hydrogen) atoms. The van der Waals surface area contributed by atoms with Gasteiger partial charge in [-0.25, -0.2) is 4.79 Å². The minimum absolute atomic E-state index is 0.0189. The summed E-state index contributed by atoms with van der Waals surface area (Å²) in [5, 5.41) is 25.9. The van der Waals surface area contributed by atoms with Gasteiger partial charge in [-0.1, -0.05) is 51.4 Å². The maximum absolute atomic E-state index is 12.2. The third-order valence-corrected chi connectivity index (χ3v) is 6.65. The molecule has 268 valence electrons. The van der Waals surface area contributed by atoms with Crippen molar-refractivity contribution < 1.29 is 57.9 Å². The zero-order valence-electron chi connectivity index (χ0n) is 27.5.